The summed E-state index contributed by atoms with van der Waals surface area (Å²) >= 11 is 0. The average molecular weight is 427 g/mol. The van der Waals surface area contributed by atoms with Gasteiger partial charge in [-0.3, -0.25) is 9.59 Å². The van der Waals surface area contributed by atoms with Crippen molar-refractivity contribution >= 4 is 17.5 Å². The highest BCUT2D eigenvalue weighted by Gasteiger charge is 2.63. The Morgan fingerprint density at radius 1 is 1.13 bits per heavy atom. The highest BCUT2D eigenvalue weighted by atomic mass is 19.1. The molecule has 1 heterocycles. The van der Waals surface area contributed by atoms with Crippen molar-refractivity contribution in [2.75, 3.05) is 12.4 Å². The third-order valence-corrected chi connectivity index (χ3v) is 9.74. The SMILES string of the molecule is CN1C(=O)CC[C@@]2(C)C1CC[C@@H]1[C@H]2C(C(=O)Nc2ccc(F)cc2)C[C@]2(C)CCC[C@@H]12. The standard InChI is InChI=1S/C26H35FN2O2/c1-25-13-4-5-20(25)18-10-11-21-26(2,14-12-22(30)29(21)3)23(18)19(15-25)24(31)28-17-8-6-16(27)7-9-17/h6-9,18-21,23H,4-5,10-15H2,1-3H3,(H,28,31)/t18-,19?,20-,21?,23-,25-,26-/m0/s1. The lowest BCUT2D eigenvalue weighted by Gasteiger charge is -2.63. The van der Waals surface area contributed by atoms with Crippen LogP contribution in [0.4, 0.5) is 10.1 Å². The Morgan fingerprint density at radius 2 is 1.87 bits per heavy atom. The number of amides is 2. The molecule has 7 atom stereocenters. The number of fused-ring (bicyclic) bond motifs is 5. The summed E-state index contributed by atoms with van der Waals surface area (Å²) < 4.78 is 13.4. The van der Waals surface area contributed by atoms with Crippen molar-refractivity contribution in [1.29, 1.82) is 0 Å². The zero-order valence-electron chi connectivity index (χ0n) is 19.0. The lowest BCUT2D eigenvalue weighted by Crippen LogP contribution is -2.64. The van der Waals surface area contributed by atoms with Crippen LogP contribution >= 0.6 is 0 Å². The lowest BCUT2D eigenvalue weighted by molar-refractivity contribution is -0.169. The first-order chi connectivity index (χ1) is 14.7. The fourth-order valence-electron chi connectivity index (χ4n) is 8.37. The topological polar surface area (TPSA) is 49.4 Å². The Hall–Kier alpha value is -1.91. The second-order valence-electron chi connectivity index (χ2n) is 11.3. The van der Waals surface area contributed by atoms with Crippen LogP contribution in [0.15, 0.2) is 24.3 Å². The smallest absolute Gasteiger partial charge is 0.227 e. The molecule has 2 amide bonds. The number of anilines is 1. The largest absolute Gasteiger partial charge is 0.342 e. The Kier molecular flexibility index (Phi) is 4.95. The van der Waals surface area contributed by atoms with Crippen molar-refractivity contribution in [3.63, 3.8) is 0 Å². The van der Waals surface area contributed by atoms with Gasteiger partial charge in [0.15, 0.2) is 0 Å². The number of likely N-dealkylation sites (tertiary alicyclic amines) is 1. The lowest BCUT2D eigenvalue weighted by atomic mass is 9.44. The second-order valence-corrected chi connectivity index (χ2v) is 11.3. The van der Waals surface area contributed by atoms with E-state index in [-0.39, 0.29) is 40.4 Å². The molecule has 1 saturated heterocycles. The fraction of sp³-hybridized carbons (Fsp3) is 0.692. The summed E-state index contributed by atoms with van der Waals surface area (Å²) in [6.07, 6.45) is 8.30. The molecule has 3 aliphatic carbocycles. The van der Waals surface area contributed by atoms with Crippen LogP contribution in [0, 0.1) is 40.3 Å². The summed E-state index contributed by atoms with van der Waals surface area (Å²) in [4.78, 5) is 28.2. The first-order valence-electron chi connectivity index (χ1n) is 12.0. The molecule has 4 nitrogen and oxygen atoms in total. The van der Waals surface area contributed by atoms with Crippen LogP contribution in [0.3, 0.4) is 0 Å². The molecule has 1 aliphatic heterocycles. The molecule has 0 spiro atoms. The molecule has 4 aliphatic rings. The molecule has 1 aromatic carbocycles. The zero-order valence-corrected chi connectivity index (χ0v) is 19.0. The molecule has 168 valence electrons. The number of benzene rings is 1. The second kappa shape index (κ2) is 7.31. The van der Waals surface area contributed by atoms with E-state index in [4.69, 9.17) is 0 Å². The Labute approximate surface area is 185 Å². The summed E-state index contributed by atoms with van der Waals surface area (Å²) in [5.74, 6) is 1.49. The molecule has 0 bridgehead atoms. The average Bonchev–Trinajstić information content (AvgIpc) is 3.13. The third kappa shape index (κ3) is 3.22. The number of rotatable bonds is 2. The van der Waals surface area contributed by atoms with Gasteiger partial charge >= 0.3 is 0 Å². The fourth-order valence-corrected chi connectivity index (χ4v) is 8.37. The van der Waals surface area contributed by atoms with Crippen molar-refractivity contribution in [2.45, 2.75) is 71.3 Å². The van der Waals surface area contributed by atoms with Gasteiger partial charge in [0, 0.05) is 31.1 Å². The van der Waals surface area contributed by atoms with E-state index in [1.54, 1.807) is 12.1 Å². The van der Waals surface area contributed by atoms with Gasteiger partial charge in [0.05, 0.1) is 0 Å². The van der Waals surface area contributed by atoms with Gasteiger partial charge in [0.25, 0.3) is 0 Å². The van der Waals surface area contributed by atoms with Gasteiger partial charge in [-0.25, -0.2) is 4.39 Å². The van der Waals surface area contributed by atoms with Gasteiger partial charge in [-0.1, -0.05) is 20.3 Å². The van der Waals surface area contributed by atoms with Crippen LogP contribution in [-0.2, 0) is 9.59 Å². The number of hydrogen-bond acceptors (Lipinski definition) is 2. The maximum Gasteiger partial charge on any atom is 0.227 e. The van der Waals surface area contributed by atoms with E-state index in [1.807, 2.05) is 11.9 Å². The number of nitrogens with one attached hydrogen (secondary N) is 1. The quantitative estimate of drug-likeness (QED) is 0.703. The molecule has 0 radical (unpaired) electrons. The first-order valence-corrected chi connectivity index (χ1v) is 12.0. The van der Waals surface area contributed by atoms with Gasteiger partial charge in [-0.2, -0.15) is 0 Å². The summed E-state index contributed by atoms with van der Waals surface area (Å²) in [7, 11) is 1.96. The number of halogens is 1. The van der Waals surface area contributed by atoms with Crippen molar-refractivity contribution in [2.24, 2.45) is 34.5 Å². The minimum Gasteiger partial charge on any atom is -0.342 e. The highest BCUT2D eigenvalue weighted by Crippen LogP contribution is 2.66. The van der Waals surface area contributed by atoms with E-state index in [1.165, 1.54) is 31.4 Å². The van der Waals surface area contributed by atoms with E-state index in [0.29, 0.717) is 29.9 Å². The zero-order chi connectivity index (χ0) is 22.0. The van der Waals surface area contributed by atoms with Gasteiger partial charge in [0.2, 0.25) is 11.8 Å². The Balaban J connectivity index is 1.51. The van der Waals surface area contributed by atoms with Gasteiger partial charge in [0.1, 0.15) is 5.82 Å². The Bertz CT molecular complexity index is 886. The molecular formula is C26H35FN2O2. The van der Waals surface area contributed by atoms with E-state index in [0.717, 1.165) is 25.7 Å². The van der Waals surface area contributed by atoms with Crippen LogP contribution in [0.5, 0.6) is 0 Å². The monoisotopic (exact) mass is 426 g/mol. The summed E-state index contributed by atoms with van der Waals surface area (Å²) in [6.45, 7) is 4.76. The molecule has 5 rings (SSSR count). The third-order valence-electron chi connectivity index (χ3n) is 9.74. The molecule has 1 N–H and O–H groups in total. The molecule has 5 heteroatoms. The van der Waals surface area contributed by atoms with Crippen molar-refractivity contribution in [3.05, 3.63) is 30.1 Å². The van der Waals surface area contributed by atoms with Crippen molar-refractivity contribution in [3.8, 4) is 0 Å². The summed E-state index contributed by atoms with van der Waals surface area (Å²) in [5, 5.41) is 3.12. The molecule has 31 heavy (non-hydrogen) atoms. The van der Waals surface area contributed by atoms with Gasteiger partial charge in [-0.15, -0.1) is 0 Å². The van der Waals surface area contributed by atoms with Gasteiger partial charge < -0.3 is 10.2 Å². The predicted molar refractivity (Wildman–Crippen MR) is 119 cm³/mol. The molecule has 3 saturated carbocycles. The molecule has 2 unspecified atom stereocenters. The Morgan fingerprint density at radius 3 is 2.61 bits per heavy atom. The van der Waals surface area contributed by atoms with Crippen molar-refractivity contribution < 1.29 is 14.0 Å². The van der Waals surface area contributed by atoms with Crippen LogP contribution in [0.2, 0.25) is 0 Å². The first kappa shape index (κ1) is 21.0. The normalized spacial score (nSPS) is 41.9. The molecular weight excluding hydrogens is 391 g/mol. The van der Waals surface area contributed by atoms with Crippen LogP contribution < -0.4 is 5.32 Å². The molecule has 1 aromatic rings. The summed E-state index contributed by atoms with van der Waals surface area (Å²) in [6, 6.07) is 6.31. The number of hydrogen-bond donors (Lipinski definition) is 1. The van der Waals surface area contributed by atoms with Crippen molar-refractivity contribution in [1.82, 2.24) is 4.90 Å². The molecule has 4 fully saturated rings. The summed E-state index contributed by atoms with van der Waals surface area (Å²) in [5.41, 5.74) is 0.862. The van der Waals surface area contributed by atoms with E-state index in [2.05, 4.69) is 19.2 Å². The molecule has 0 aromatic heterocycles. The highest BCUT2D eigenvalue weighted by molar-refractivity contribution is 5.93. The number of nitrogens with zero attached hydrogens (tertiary/aromatic N) is 1. The number of piperidine rings is 1. The van der Waals surface area contributed by atoms with Crippen LogP contribution in [-0.4, -0.2) is 29.8 Å². The van der Waals surface area contributed by atoms with Gasteiger partial charge in [-0.05, 0) is 91.4 Å². The van der Waals surface area contributed by atoms with Crippen LogP contribution in [0.1, 0.15) is 65.2 Å². The maximum absolute atomic E-state index is 13.7. The van der Waals surface area contributed by atoms with Crippen LogP contribution in [0.25, 0.3) is 0 Å². The van der Waals surface area contributed by atoms with E-state index < -0.39 is 0 Å². The predicted octanol–water partition coefficient (Wildman–Crippen LogP) is 5.24. The minimum absolute atomic E-state index is 0.0275. The maximum atomic E-state index is 13.7. The van der Waals surface area contributed by atoms with E-state index in [9.17, 15) is 14.0 Å². The number of carbonyl (C=O) groups excluding carboxylic acids is 2. The minimum atomic E-state index is -0.297. The van der Waals surface area contributed by atoms with E-state index >= 15 is 0 Å². The number of carbonyl (C=O) groups is 2.